The smallest absolute Gasteiger partial charge is 0.0366 e. The van der Waals surface area contributed by atoms with E-state index in [1.165, 1.54) is 21.9 Å². The van der Waals surface area contributed by atoms with E-state index in [-0.39, 0.29) is 0 Å². The van der Waals surface area contributed by atoms with Crippen LogP contribution in [-0.2, 0) is 13.1 Å². The van der Waals surface area contributed by atoms with Crippen molar-refractivity contribution in [3.63, 3.8) is 0 Å². The zero-order valence-electron chi connectivity index (χ0n) is 12.3. The number of nitrogen functional groups attached to an aromatic ring is 1. The van der Waals surface area contributed by atoms with Crippen LogP contribution in [0.3, 0.4) is 0 Å². The van der Waals surface area contributed by atoms with E-state index in [0.29, 0.717) is 0 Å². The number of anilines is 1. The standard InChI is InChI=1S/C19H20N2/c1-21(13-15-7-3-2-4-8-15)14-18-11-16-9-5-6-10-17(16)12-19(18)20/h2-12H,13-14,20H2,1H3. The predicted octanol–water partition coefficient (Wildman–Crippen LogP) is 4.05. The highest BCUT2D eigenvalue weighted by Gasteiger charge is 2.06. The lowest BCUT2D eigenvalue weighted by Gasteiger charge is -2.18. The normalized spacial score (nSPS) is 11.1. The molecule has 0 atom stereocenters. The highest BCUT2D eigenvalue weighted by molar-refractivity contribution is 5.86. The molecule has 0 fully saturated rings. The van der Waals surface area contributed by atoms with E-state index in [1.54, 1.807) is 0 Å². The van der Waals surface area contributed by atoms with Crippen LogP contribution in [0.2, 0.25) is 0 Å². The van der Waals surface area contributed by atoms with E-state index in [4.69, 9.17) is 5.73 Å². The van der Waals surface area contributed by atoms with Crippen molar-refractivity contribution in [1.82, 2.24) is 4.90 Å². The summed E-state index contributed by atoms with van der Waals surface area (Å²) in [5.74, 6) is 0. The molecule has 3 aromatic carbocycles. The monoisotopic (exact) mass is 276 g/mol. The first-order valence-corrected chi connectivity index (χ1v) is 7.22. The number of rotatable bonds is 4. The van der Waals surface area contributed by atoms with Crippen LogP contribution in [0.1, 0.15) is 11.1 Å². The topological polar surface area (TPSA) is 29.3 Å². The molecule has 3 aromatic rings. The molecule has 2 heteroatoms. The zero-order valence-corrected chi connectivity index (χ0v) is 12.3. The summed E-state index contributed by atoms with van der Waals surface area (Å²) in [7, 11) is 2.13. The maximum absolute atomic E-state index is 6.20. The van der Waals surface area contributed by atoms with Gasteiger partial charge in [0.25, 0.3) is 0 Å². The van der Waals surface area contributed by atoms with Crippen LogP contribution in [0, 0.1) is 0 Å². The summed E-state index contributed by atoms with van der Waals surface area (Å²) in [6, 6.07) is 23.1. The summed E-state index contributed by atoms with van der Waals surface area (Å²) in [5, 5.41) is 2.44. The van der Waals surface area contributed by atoms with E-state index in [9.17, 15) is 0 Å². The summed E-state index contributed by atoms with van der Waals surface area (Å²) in [4.78, 5) is 2.29. The average Bonchev–Trinajstić information content (AvgIpc) is 2.49. The second-order valence-corrected chi connectivity index (χ2v) is 5.56. The zero-order chi connectivity index (χ0) is 14.7. The Hall–Kier alpha value is -2.32. The molecule has 2 N–H and O–H groups in total. The van der Waals surface area contributed by atoms with Gasteiger partial charge in [-0.25, -0.2) is 0 Å². The summed E-state index contributed by atoms with van der Waals surface area (Å²) in [6.07, 6.45) is 0. The number of benzene rings is 3. The minimum Gasteiger partial charge on any atom is -0.398 e. The fourth-order valence-corrected chi connectivity index (χ4v) is 2.68. The molecular weight excluding hydrogens is 256 g/mol. The minimum atomic E-state index is 0.853. The SMILES string of the molecule is CN(Cc1ccccc1)Cc1cc2ccccc2cc1N. The first kappa shape index (κ1) is 13.7. The second kappa shape index (κ2) is 5.98. The molecule has 0 aliphatic heterocycles. The number of fused-ring (bicyclic) bond motifs is 1. The van der Waals surface area contributed by atoms with Gasteiger partial charge in [-0.15, -0.1) is 0 Å². The van der Waals surface area contributed by atoms with Gasteiger partial charge in [0, 0.05) is 18.8 Å². The van der Waals surface area contributed by atoms with Crippen LogP contribution in [0.25, 0.3) is 10.8 Å². The molecule has 0 heterocycles. The molecule has 0 aromatic heterocycles. The number of nitrogens with zero attached hydrogens (tertiary/aromatic N) is 1. The molecule has 0 radical (unpaired) electrons. The quantitative estimate of drug-likeness (QED) is 0.728. The summed E-state index contributed by atoms with van der Waals surface area (Å²) < 4.78 is 0. The molecule has 0 unspecified atom stereocenters. The molecule has 0 bridgehead atoms. The van der Waals surface area contributed by atoms with Gasteiger partial charge < -0.3 is 5.73 Å². The Morgan fingerprint density at radius 3 is 2.14 bits per heavy atom. The Balaban J connectivity index is 1.79. The summed E-state index contributed by atoms with van der Waals surface area (Å²) >= 11 is 0. The van der Waals surface area contributed by atoms with Gasteiger partial charge in [0.1, 0.15) is 0 Å². The van der Waals surface area contributed by atoms with Gasteiger partial charge in [-0.05, 0) is 41.1 Å². The van der Waals surface area contributed by atoms with E-state index in [2.05, 4.69) is 66.5 Å². The van der Waals surface area contributed by atoms with Crippen molar-refractivity contribution in [1.29, 1.82) is 0 Å². The Morgan fingerprint density at radius 1 is 0.810 bits per heavy atom. The minimum absolute atomic E-state index is 0.853. The third-order valence-electron chi connectivity index (χ3n) is 3.74. The van der Waals surface area contributed by atoms with Crippen molar-refractivity contribution < 1.29 is 0 Å². The molecule has 0 amide bonds. The van der Waals surface area contributed by atoms with Crippen LogP contribution < -0.4 is 5.73 Å². The third-order valence-corrected chi connectivity index (χ3v) is 3.74. The van der Waals surface area contributed by atoms with Crippen LogP contribution >= 0.6 is 0 Å². The summed E-state index contributed by atoms with van der Waals surface area (Å²) in [5.41, 5.74) is 9.58. The Morgan fingerprint density at radius 2 is 1.43 bits per heavy atom. The first-order chi connectivity index (χ1) is 10.2. The van der Waals surface area contributed by atoms with Crippen molar-refractivity contribution in [2.45, 2.75) is 13.1 Å². The predicted molar refractivity (Wildman–Crippen MR) is 90.0 cm³/mol. The lowest BCUT2D eigenvalue weighted by molar-refractivity contribution is 0.320. The van der Waals surface area contributed by atoms with Gasteiger partial charge in [-0.3, -0.25) is 4.90 Å². The van der Waals surface area contributed by atoms with Crippen molar-refractivity contribution in [3.8, 4) is 0 Å². The van der Waals surface area contributed by atoms with Crippen molar-refractivity contribution in [2.75, 3.05) is 12.8 Å². The van der Waals surface area contributed by atoms with Crippen LogP contribution in [0.15, 0.2) is 66.7 Å². The van der Waals surface area contributed by atoms with Crippen LogP contribution in [0.5, 0.6) is 0 Å². The molecule has 106 valence electrons. The third kappa shape index (κ3) is 3.23. The second-order valence-electron chi connectivity index (χ2n) is 5.56. The van der Waals surface area contributed by atoms with Gasteiger partial charge in [0.2, 0.25) is 0 Å². The molecule has 0 aliphatic rings. The van der Waals surface area contributed by atoms with Gasteiger partial charge in [-0.2, -0.15) is 0 Å². The van der Waals surface area contributed by atoms with Crippen molar-refractivity contribution >= 4 is 16.5 Å². The van der Waals surface area contributed by atoms with E-state index < -0.39 is 0 Å². The number of hydrogen-bond donors (Lipinski definition) is 1. The first-order valence-electron chi connectivity index (χ1n) is 7.22. The maximum Gasteiger partial charge on any atom is 0.0366 e. The number of nitrogens with two attached hydrogens (primary N) is 1. The van der Waals surface area contributed by atoms with Gasteiger partial charge in [0.05, 0.1) is 0 Å². The van der Waals surface area contributed by atoms with Crippen molar-refractivity contribution in [2.24, 2.45) is 0 Å². The largest absolute Gasteiger partial charge is 0.398 e. The van der Waals surface area contributed by atoms with E-state index in [0.717, 1.165) is 18.8 Å². The lowest BCUT2D eigenvalue weighted by Crippen LogP contribution is -2.18. The number of hydrogen-bond acceptors (Lipinski definition) is 2. The molecular formula is C19H20N2. The van der Waals surface area contributed by atoms with Crippen LogP contribution in [-0.4, -0.2) is 11.9 Å². The molecule has 21 heavy (non-hydrogen) atoms. The Kier molecular flexibility index (Phi) is 3.89. The van der Waals surface area contributed by atoms with E-state index >= 15 is 0 Å². The van der Waals surface area contributed by atoms with Gasteiger partial charge in [0.15, 0.2) is 0 Å². The van der Waals surface area contributed by atoms with Gasteiger partial charge >= 0.3 is 0 Å². The fourth-order valence-electron chi connectivity index (χ4n) is 2.68. The highest BCUT2D eigenvalue weighted by Crippen LogP contribution is 2.23. The molecule has 0 saturated carbocycles. The van der Waals surface area contributed by atoms with E-state index in [1.807, 2.05) is 12.1 Å². The lowest BCUT2D eigenvalue weighted by atomic mass is 10.0. The molecule has 0 saturated heterocycles. The highest BCUT2D eigenvalue weighted by atomic mass is 15.1. The van der Waals surface area contributed by atoms with Crippen LogP contribution in [0.4, 0.5) is 5.69 Å². The molecule has 0 aliphatic carbocycles. The average molecular weight is 276 g/mol. The maximum atomic E-state index is 6.20. The molecule has 0 spiro atoms. The van der Waals surface area contributed by atoms with Crippen molar-refractivity contribution in [3.05, 3.63) is 77.9 Å². The summed E-state index contributed by atoms with van der Waals surface area (Å²) in [6.45, 7) is 1.78. The fraction of sp³-hybridized carbons (Fsp3) is 0.158. The molecule has 2 nitrogen and oxygen atoms in total. The Labute approximate surface area is 125 Å². The molecule has 3 rings (SSSR count). The Bertz CT molecular complexity index is 735. The van der Waals surface area contributed by atoms with Gasteiger partial charge in [-0.1, -0.05) is 54.6 Å².